The molecule has 0 saturated carbocycles. The van der Waals surface area contributed by atoms with Crippen molar-refractivity contribution in [3.8, 4) is 0 Å². The van der Waals surface area contributed by atoms with Crippen LogP contribution in [0.3, 0.4) is 0 Å². The second-order valence-electron chi connectivity index (χ2n) is 5.94. The zero-order valence-corrected chi connectivity index (χ0v) is 13.2. The van der Waals surface area contributed by atoms with Crippen LogP contribution in [0.25, 0.3) is 0 Å². The summed E-state index contributed by atoms with van der Waals surface area (Å²) in [5, 5.41) is 3.58. The Labute approximate surface area is 123 Å². The van der Waals surface area contributed by atoms with Crippen LogP contribution >= 0.6 is 0 Å². The van der Waals surface area contributed by atoms with Crippen molar-refractivity contribution in [1.82, 2.24) is 9.88 Å². The van der Waals surface area contributed by atoms with Gasteiger partial charge in [0.1, 0.15) is 5.82 Å². The Morgan fingerprint density at radius 3 is 3.00 bits per heavy atom. The molecule has 0 radical (unpaired) electrons. The summed E-state index contributed by atoms with van der Waals surface area (Å²) in [4.78, 5) is 7.24. The maximum atomic E-state index is 4.60. The van der Waals surface area contributed by atoms with Gasteiger partial charge in [-0.05, 0) is 51.8 Å². The molecule has 0 aromatic carbocycles. The first-order valence-corrected chi connectivity index (χ1v) is 8.21. The minimum atomic E-state index is 0.479. The second kappa shape index (κ2) is 7.63. The number of hydrogen-bond donors (Lipinski definition) is 1. The van der Waals surface area contributed by atoms with E-state index in [1.165, 1.54) is 44.3 Å². The summed E-state index contributed by atoms with van der Waals surface area (Å²) in [5.41, 5.74) is 1.39. The molecule has 1 fully saturated rings. The monoisotopic (exact) mass is 275 g/mol. The topological polar surface area (TPSA) is 28.2 Å². The highest BCUT2D eigenvalue weighted by Crippen LogP contribution is 2.34. The third kappa shape index (κ3) is 3.72. The van der Waals surface area contributed by atoms with E-state index in [9.17, 15) is 0 Å². The van der Waals surface area contributed by atoms with Crippen LogP contribution in [0, 0.1) is 0 Å². The molecule has 1 aliphatic heterocycles. The molecule has 1 aliphatic rings. The summed E-state index contributed by atoms with van der Waals surface area (Å²) < 4.78 is 0. The first-order valence-electron chi connectivity index (χ1n) is 8.21. The maximum absolute atomic E-state index is 4.60. The van der Waals surface area contributed by atoms with Gasteiger partial charge in [-0.2, -0.15) is 0 Å². The molecule has 1 N–H and O–H groups in total. The minimum absolute atomic E-state index is 0.479. The Kier molecular flexibility index (Phi) is 5.84. The van der Waals surface area contributed by atoms with Crippen molar-refractivity contribution in [2.24, 2.45) is 0 Å². The Morgan fingerprint density at radius 1 is 1.40 bits per heavy atom. The number of nitrogens with zero attached hydrogens (tertiary/aromatic N) is 2. The third-order valence-electron chi connectivity index (χ3n) is 4.32. The lowest BCUT2D eigenvalue weighted by Gasteiger charge is -2.36. The summed E-state index contributed by atoms with van der Waals surface area (Å²) in [6, 6.07) is 5.36. The smallest absolute Gasteiger partial charge is 0.130 e. The van der Waals surface area contributed by atoms with E-state index in [4.69, 9.17) is 0 Å². The molecule has 3 heteroatoms. The summed E-state index contributed by atoms with van der Waals surface area (Å²) >= 11 is 0. The third-order valence-corrected chi connectivity index (χ3v) is 4.32. The molecule has 0 spiro atoms. The van der Waals surface area contributed by atoms with Crippen LogP contribution in [0.4, 0.5) is 5.82 Å². The molecule has 1 aromatic rings. The summed E-state index contributed by atoms with van der Waals surface area (Å²) in [6.45, 7) is 9.14. The summed E-state index contributed by atoms with van der Waals surface area (Å²) in [7, 11) is 0. The standard InChI is InChI=1S/C17H29N3/c1-4-12-20-13-7-6-10-16(20)15-9-8-11-18-17(15)19-14(3)5-2/h8-9,11,14,16H,4-7,10,12-13H2,1-3H3,(H,18,19)/t14-,16-/m0/s1. The van der Waals surface area contributed by atoms with Crippen molar-refractivity contribution >= 4 is 5.82 Å². The van der Waals surface area contributed by atoms with E-state index in [0.717, 1.165) is 12.2 Å². The zero-order chi connectivity index (χ0) is 14.4. The predicted molar refractivity (Wildman–Crippen MR) is 86.1 cm³/mol. The number of pyridine rings is 1. The molecule has 0 aliphatic carbocycles. The second-order valence-corrected chi connectivity index (χ2v) is 5.94. The summed E-state index contributed by atoms with van der Waals surface area (Å²) in [6.07, 6.45) is 8.19. The summed E-state index contributed by atoms with van der Waals surface area (Å²) in [5.74, 6) is 1.09. The molecule has 0 bridgehead atoms. The fraction of sp³-hybridized carbons (Fsp3) is 0.706. The average molecular weight is 275 g/mol. The molecular weight excluding hydrogens is 246 g/mol. The number of aromatic nitrogens is 1. The van der Waals surface area contributed by atoms with Gasteiger partial charge in [0.2, 0.25) is 0 Å². The van der Waals surface area contributed by atoms with Gasteiger partial charge in [0.15, 0.2) is 0 Å². The van der Waals surface area contributed by atoms with Crippen molar-refractivity contribution in [2.45, 2.75) is 65.0 Å². The first-order chi connectivity index (χ1) is 9.76. The molecule has 0 unspecified atom stereocenters. The van der Waals surface area contributed by atoms with Gasteiger partial charge in [-0.15, -0.1) is 0 Å². The SMILES string of the molecule is CCCN1CCCC[C@H]1c1cccnc1N[C@@H](C)CC. The largest absolute Gasteiger partial charge is 0.367 e. The zero-order valence-electron chi connectivity index (χ0n) is 13.2. The van der Waals surface area contributed by atoms with Crippen molar-refractivity contribution in [3.05, 3.63) is 23.9 Å². The van der Waals surface area contributed by atoms with Crippen LogP contribution in [0.2, 0.25) is 0 Å². The quantitative estimate of drug-likeness (QED) is 0.842. The van der Waals surface area contributed by atoms with Gasteiger partial charge >= 0.3 is 0 Å². The molecule has 1 aromatic heterocycles. The van der Waals surface area contributed by atoms with Crippen molar-refractivity contribution in [1.29, 1.82) is 0 Å². The van der Waals surface area contributed by atoms with Crippen LogP contribution < -0.4 is 5.32 Å². The normalized spacial score (nSPS) is 21.6. The van der Waals surface area contributed by atoms with E-state index in [-0.39, 0.29) is 0 Å². The molecule has 2 heterocycles. The number of nitrogens with one attached hydrogen (secondary N) is 1. The van der Waals surface area contributed by atoms with Crippen LogP contribution in [0.15, 0.2) is 18.3 Å². The van der Waals surface area contributed by atoms with E-state index >= 15 is 0 Å². The van der Waals surface area contributed by atoms with E-state index in [1.54, 1.807) is 0 Å². The van der Waals surface area contributed by atoms with Crippen molar-refractivity contribution in [3.63, 3.8) is 0 Å². The number of anilines is 1. The molecule has 2 rings (SSSR count). The lowest BCUT2D eigenvalue weighted by Crippen LogP contribution is -2.34. The Bertz CT molecular complexity index is 403. The van der Waals surface area contributed by atoms with E-state index < -0.39 is 0 Å². The van der Waals surface area contributed by atoms with Gasteiger partial charge in [0.25, 0.3) is 0 Å². The lowest BCUT2D eigenvalue weighted by molar-refractivity contribution is 0.149. The minimum Gasteiger partial charge on any atom is -0.367 e. The van der Waals surface area contributed by atoms with Crippen LogP contribution in [0.1, 0.15) is 64.5 Å². The Hall–Kier alpha value is -1.09. The number of likely N-dealkylation sites (tertiary alicyclic amines) is 1. The molecule has 2 atom stereocenters. The van der Waals surface area contributed by atoms with Crippen LogP contribution in [-0.4, -0.2) is 29.0 Å². The highest BCUT2D eigenvalue weighted by molar-refractivity contribution is 5.46. The fourth-order valence-corrected chi connectivity index (χ4v) is 3.04. The first kappa shape index (κ1) is 15.3. The molecule has 0 amide bonds. The molecule has 112 valence electrons. The van der Waals surface area contributed by atoms with E-state index in [1.807, 2.05) is 6.20 Å². The molecular formula is C17H29N3. The van der Waals surface area contributed by atoms with Crippen molar-refractivity contribution < 1.29 is 0 Å². The molecule has 20 heavy (non-hydrogen) atoms. The van der Waals surface area contributed by atoms with E-state index in [0.29, 0.717) is 12.1 Å². The van der Waals surface area contributed by atoms with Gasteiger partial charge in [-0.3, -0.25) is 4.90 Å². The highest BCUT2D eigenvalue weighted by Gasteiger charge is 2.25. The predicted octanol–water partition coefficient (Wildman–Crippen LogP) is 4.23. The maximum Gasteiger partial charge on any atom is 0.130 e. The molecule has 3 nitrogen and oxygen atoms in total. The van der Waals surface area contributed by atoms with E-state index in [2.05, 4.69) is 48.1 Å². The lowest BCUT2D eigenvalue weighted by atomic mass is 9.95. The van der Waals surface area contributed by atoms with Gasteiger partial charge in [0, 0.05) is 23.8 Å². The van der Waals surface area contributed by atoms with Gasteiger partial charge in [0.05, 0.1) is 0 Å². The van der Waals surface area contributed by atoms with Gasteiger partial charge < -0.3 is 5.32 Å². The highest BCUT2D eigenvalue weighted by atomic mass is 15.2. The average Bonchev–Trinajstić information content (AvgIpc) is 2.49. The molecule has 1 saturated heterocycles. The Morgan fingerprint density at radius 2 is 2.25 bits per heavy atom. The fourth-order valence-electron chi connectivity index (χ4n) is 3.04. The van der Waals surface area contributed by atoms with Crippen LogP contribution in [-0.2, 0) is 0 Å². The number of piperidine rings is 1. The van der Waals surface area contributed by atoms with Crippen LogP contribution in [0.5, 0.6) is 0 Å². The Balaban J connectivity index is 2.20. The van der Waals surface area contributed by atoms with Gasteiger partial charge in [-0.25, -0.2) is 4.98 Å². The number of hydrogen-bond acceptors (Lipinski definition) is 3. The number of rotatable bonds is 6. The van der Waals surface area contributed by atoms with Gasteiger partial charge in [-0.1, -0.05) is 26.3 Å². The van der Waals surface area contributed by atoms with Crippen molar-refractivity contribution in [2.75, 3.05) is 18.4 Å².